The Morgan fingerprint density at radius 3 is 2.73 bits per heavy atom. The molecule has 2 N–H and O–H groups in total. The molecule has 0 fully saturated rings. The number of benzene rings is 1. The number of nitrogens with two attached hydrogens (primary N) is 1. The lowest BCUT2D eigenvalue weighted by Gasteiger charge is -2.01. The lowest BCUT2D eigenvalue weighted by atomic mass is 10.3. The van der Waals surface area contributed by atoms with E-state index in [4.69, 9.17) is 5.73 Å². The van der Waals surface area contributed by atoms with Crippen LogP contribution in [0.3, 0.4) is 0 Å². The molecule has 1 aromatic rings. The van der Waals surface area contributed by atoms with Gasteiger partial charge in [-0.2, -0.15) is 11.8 Å². The van der Waals surface area contributed by atoms with Crippen LogP contribution >= 0.6 is 23.5 Å². The first-order valence-electron chi connectivity index (χ1n) is 3.31. The molecule has 0 aliphatic carbocycles. The fraction of sp³-hybridized carbons (Fsp3) is 0.250. The van der Waals surface area contributed by atoms with Gasteiger partial charge in [-0.1, -0.05) is 12.1 Å². The summed E-state index contributed by atoms with van der Waals surface area (Å²) < 4.78 is 0. The lowest BCUT2D eigenvalue weighted by molar-refractivity contribution is 1.47. The van der Waals surface area contributed by atoms with Crippen LogP contribution in [0.4, 0.5) is 5.69 Å². The molecule has 0 saturated carbocycles. The summed E-state index contributed by atoms with van der Waals surface area (Å²) in [4.78, 5) is 1.18. The van der Waals surface area contributed by atoms with Crippen molar-refractivity contribution < 1.29 is 0 Å². The molecule has 1 aromatic carbocycles. The summed E-state index contributed by atoms with van der Waals surface area (Å²) in [6.45, 7) is 0. The van der Waals surface area contributed by atoms with Gasteiger partial charge in [-0.15, -0.1) is 11.8 Å². The second-order valence-corrected chi connectivity index (χ2v) is 4.34. The summed E-state index contributed by atoms with van der Waals surface area (Å²) in [5, 5.41) is 1.06. The van der Waals surface area contributed by atoms with Crippen molar-refractivity contribution in [3.8, 4) is 0 Å². The first kappa shape index (κ1) is 8.81. The third-order valence-electron chi connectivity index (χ3n) is 1.25. The zero-order valence-electron chi connectivity index (χ0n) is 6.41. The highest BCUT2D eigenvalue weighted by atomic mass is 32.2. The van der Waals surface area contributed by atoms with E-state index in [1.165, 1.54) is 4.90 Å². The maximum absolute atomic E-state index is 5.73. The van der Waals surface area contributed by atoms with Crippen LogP contribution in [0, 0.1) is 0 Å². The zero-order valence-corrected chi connectivity index (χ0v) is 8.04. The normalized spacial score (nSPS) is 9.91. The van der Waals surface area contributed by atoms with E-state index in [1.807, 2.05) is 30.0 Å². The van der Waals surface area contributed by atoms with Crippen LogP contribution in [-0.2, 0) is 0 Å². The van der Waals surface area contributed by atoms with Crippen LogP contribution in [-0.4, -0.2) is 11.3 Å². The molecule has 0 atom stereocenters. The number of anilines is 1. The summed E-state index contributed by atoms with van der Waals surface area (Å²) in [6, 6.07) is 7.95. The zero-order chi connectivity index (χ0) is 8.10. The monoisotopic (exact) mass is 185 g/mol. The number of para-hydroxylation sites is 1. The minimum atomic E-state index is 0.881. The number of thioether (sulfide) groups is 2. The smallest absolute Gasteiger partial charge is 0.0452 e. The van der Waals surface area contributed by atoms with Crippen molar-refractivity contribution >= 4 is 29.2 Å². The summed E-state index contributed by atoms with van der Waals surface area (Å²) in [7, 11) is 0. The van der Waals surface area contributed by atoms with Gasteiger partial charge in [-0.3, -0.25) is 0 Å². The van der Waals surface area contributed by atoms with E-state index in [9.17, 15) is 0 Å². The molecule has 0 amide bonds. The van der Waals surface area contributed by atoms with Crippen LogP contribution in [0.1, 0.15) is 0 Å². The van der Waals surface area contributed by atoms with E-state index >= 15 is 0 Å². The maximum atomic E-state index is 5.73. The van der Waals surface area contributed by atoms with Gasteiger partial charge in [0.15, 0.2) is 0 Å². The molecule has 60 valence electrons. The van der Waals surface area contributed by atoms with Crippen molar-refractivity contribution in [2.24, 2.45) is 0 Å². The molecule has 0 unspecified atom stereocenters. The van der Waals surface area contributed by atoms with Gasteiger partial charge in [0.2, 0.25) is 0 Å². The second-order valence-electron chi connectivity index (χ2n) is 2.09. The molecule has 11 heavy (non-hydrogen) atoms. The quantitative estimate of drug-likeness (QED) is 0.445. The Labute approximate surface area is 75.7 Å². The highest BCUT2D eigenvalue weighted by Crippen LogP contribution is 2.26. The van der Waals surface area contributed by atoms with Gasteiger partial charge in [0.05, 0.1) is 0 Å². The van der Waals surface area contributed by atoms with E-state index in [0.29, 0.717) is 0 Å². The fourth-order valence-corrected chi connectivity index (χ4v) is 2.12. The van der Waals surface area contributed by atoms with Gasteiger partial charge < -0.3 is 5.73 Å². The predicted octanol–water partition coefficient (Wildman–Crippen LogP) is 2.68. The van der Waals surface area contributed by atoms with Crippen LogP contribution in [0.5, 0.6) is 0 Å². The molecule has 0 heterocycles. The summed E-state index contributed by atoms with van der Waals surface area (Å²) in [6.07, 6.45) is 2.09. The first-order valence-corrected chi connectivity index (χ1v) is 5.69. The molecule has 0 spiro atoms. The van der Waals surface area contributed by atoms with Crippen molar-refractivity contribution in [2.75, 3.05) is 17.1 Å². The van der Waals surface area contributed by atoms with E-state index in [0.717, 1.165) is 10.8 Å². The van der Waals surface area contributed by atoms with Gasteiger partial charge in [0, 0.05) is 15.7 Å². The van der Waals surface area contributed by atoms with Crippen LogP contribution in [0.25, 0.3) is 0 Å². The topological polar surface area (TPSA) is 26.0 Å². The number of hydrogen-bond donors (Lipinski definition) is 1. The molecule has 3 heteroatoms. The Morgan fingerprint density at radius 1 is 1.36 bits per heavy atom. The van der Waals surface area contributed by atoms with E-state index in [-0.39, 0.29) is 0 Å². The largest absolute Gasteiger partial charge is 0.398 e. The predicted molar refractivity (Wildman–Crippen MR) is 55.1 cm³/mol. The van der Waals surface area contributed by atoms with E-state index in [2.05, 4.69) is 12.3 Å². The Kier molecular flexibility index (Phi) is 3.66. The number of nitrogen functional groups attached to an aromatic ring is 1. The third-order valence-corrected chi connectivity index (χ3v) is 3.35. The van der Waals surface area contributed by atoms with Crippen molar-refractivity contribution in [3.05, 3.63) is 24.3 Å². The van der Waals surface area contributed by atoms with Gasteiger partial charge in [-0.25, -0.2) is 0 Å². The fourth-order valence-electron chi connectivity index (χ4n) is 0.734. The average Bonchev–Trinajstić information content (AvgIpc) is 2.03. The molecular formula is C8H11NS2. The van der Waals surface area contributed by atoms with Gasteiger partial charge >= 0.3 is 0 Å². The second kappa shape index (κ2) is 4.57. The minimum Gasteiger partial charge on any atom is -0.398 e. The number of rotatable bonds is 3. The summed E-state index contributed by atoms with van der Waals surface area (Å²) >= 11 is 3.60. The minimum absolute atomic E-state index is 0.881. The summed E-state index contributed by atoms with van der Waals surface area (Å²) in [5.74, 6) is 0. The standard InChI is InChI=1S/C8H11NS2/c1-10-6-11-8-5-3-2-4-7(8)9/h2-5H,6,9H2,1H3. The molecule has 0 aliphatic heterocycles. The highest BCUT2D eigenvalue weighted by molar-refractivity contribution is 8.15. The average molecular weight is 185 g/mol. The Bertz CT molecular complexity index is 225. The van der Waals surface area contributed by atoms with Crippen LogP contribution in [0.15, 0.2) is 29.2 Å². The third kappa shape index (κ3) is 2.67. The van der Waals surface area contributed by atoms with Gasteiger partial charge in [0.1, 0.15) is 0 Å². The summed E-state index contributed by atoms with van der Waals surface area (Å²) in [5.41, 5.74) is 6.61. The van der Waals surface area contributed by atoms with Crippen LogP contribution < -0.4 is 5.73 Å². The van der Waals surface area contributed by atoms with Crippen molar-refractivity contribution in [1.82, 2.24) is 0 Å². The highest BCUT2D eigenvalue weighted by Gasteiger charge is 1.95. The molecule has 0 radical (unpaired) electrons. The van der Waals surface area contributed by atoms with E-state index < -0.39 is 0 Å². The lowest BCUT2D eigenvalue weighted by Crippen LogP contribution is -1.86. The van der Waals surface area contributed by atoms with Gasteiger partial charge in [0.25, 0.3) is 0 Å². The maximum Gasteiger partial charge on any atom is 0.0452 e. The molecule has 0 bridgehead atoms. The number of hydrogen-bond acceptors (Lipinski definition) is 3. The molecular weight excluding hydrogens is 174 g/mol. The Morgan fingerprint density at radius 2 is 2.09 bits per heavy atom. The molecule has 0 saturated heterocycles. The van der Waals surface area contributed by atoms with Crippen molar-refractivity contribution in [2.45, 2.75) is 4.90 Å². The van der Waals surface area contributed by atoms with Crippen molar-refractivity contribution in [3.63, 3.8) is 0 Å². The Hall–Kier alpha value is -0.280. The first-order chi connectivity index (χ1) is 5.34. The van der Waals surface area contributed by atoms with Crippen molar-refractivity contribution in [1.29, 1.82) is 0 Å². The van der Waals surface area contributed by atoms with Gasteiger partial charge in [-0.05, 0) is 18.4 Å². The molecule has 0 aliphatic rings. The molecule has 1 nitrogen and oxygen atoms in total. The molecule has 0 aromatic heterocycles. The van der Waals surface area contributed by atoms with Crippen LogP contribution in [0.2, 0.25) is 0 Å². The SMILES string of the molecule is CSCSc1ccccc1N. The van der Waals surface area contributed by atoms with E-state index in [1.54, 1.807) is 11.8 Å². The molecule has 1 rings (SSSR count). The Balaban J connectivity index is 2.62.